The van der Waals surface area contributed by atoms with Gasteiger partial charge in [0.15, 0.2) is 17.1 Å². The number of hydrogen-bond donors (Lipinski definition) is 0. The number of nitrogens with zero attached hydrogens (tertiary/aromatic N) is 1. The van der Waals surface area contributed by atoms with Gasteiger partial charge in [-0.15, -0.1) is 0 Å². The molecular formula is C18H16ClNO3. The predicted octanol–water partition coefficient (Wildman–Crippen LogP) is 5.06. The largest absolute Gasteiger partial charge is 0.492 e. The molecule has 23 heavy (non-hydrogen) atoms. The monoisotopic (exact) mass is 329 g/mol. The SMILES string of the molecule is CCOc1cccc(/C=C\c2nc3cc(Cl)ccc3o2)c1OC. The highest BCUT2D eigenvalue weighted by Gasteiger charge is 2.08. The van der Waals surface area contributed by atoms with Gasteiger partial charge >= 0.3 is 0 Å². The molecule has 0 aliphatic rings. The summed E-state index contributed by atoms with van der Waals surface area (Å²) in [4.78, 5) is 4.39. The molecule has 0 fully saturated rings. The van der Waals surface area contributed by atoms with Crippen LogP contribution in [0, 0.1) is 0 Å². The van der Waals surface area contributed by atoms with E-state index in [2.05, 4.69) is 4.98 Å². The zero-order valence-electron chi connectivity index (χ0n) is 12.9. The minimum absolute atomic E-state index is 0.506. The molecule has 2 aromatic carbocycles. The first-order chi connectivity index (χ1) is 11.2. The fourth-order valence-corrected chi connectivity index (χ4v) is 2.47. The van der Waals surface area contributed by atoms with Gasteiger partial charge in [-0.2, -0.15) is 0 Å². The third-order valence-corrected chi connectivity index (χ3v) is 3.52. The molecule has 118 valence electrons. The Kier molecular flexibility index (Phi) is 4.53. The molecule has 0 spiro atoms. The molecule has 0 amide bonds. The Morgan fingerprint density at radius 1 is 1.22 bits per heavy atom. The van der Waals surface area contributed by atoms with Crippen molar-refractivity contribution in [3.8, 4) is 11.5 Å². The first-order valence-corrected chi connectivity index (χ1v) is 7.63. The van der Waals surface area contributed by atoms with E-state index in [1.54, 1.807) is 31.4 Å². The van der Waals surface area contributed by atoms with Gasteiger partial charge in [0, 0.05) is 16.7 Å². The minimum atomic E-state index is 0.506. The van der Waals surface area contributed by atoms with Crippen molar-refractivity contribution >= 4 is 34.9 Å². The average molecular weight is 330 g/mol. The zero-order valence-corrected chi connectivity index (χ0v) is 13.6. The van der Waals surface area contributed by atoms with Crippen molar-refractivity contribution in [1.29, 1.82) is 0 Å². The molecular weight excluding hydrogens is 314 g/mol. The lowest BCUT2D eigenvalue weighted by Crippen LogP contribution is -1.96. The molecule has 0 radical (unpaired) electrons. The third-order valence-electron chi connectivity index (χ3n) is 3.28. The van der Waals surface area contributed by atoms with Crippen molar-refractivity contribution in [2.75, 3.05) is 13.7 Å². The molecule has 1 heterocycles. The van der Waals surface area contributed by atoms with Gasteiger partial charge in [0.2, 0.25) is 5.89 Å². The lowest BCUT2D eigenvalue weighted by molar-refractivity contribution is 0.310. The van der Waals surface area contributed by atoms with E-state index >= 15 is 0 Å². The van der Waals surface area contributed by atoms with Crippen molar-refractivity contribution in [2.24, 2.45) is 0 Å². The van der Waals surface area contributed by atoms with Crippen LogP contribution in [-0.2, 0) is 0 Å². The molecule has 0 bridgehead atoms. The molecule has 0 atom stereocenters. The zero-order chi connectivity index (χ0) is 16.2. The third kappa shape index (κ3) is 3.32. The maximum atomic E-state index is 5.96. The smallest absolute Gasteiger partial charge is 0.220 e. The van der Waals surface area contributed by atoms with Crippen molar-refractivity contribution in [2.45, 2.75) is 6.92 Å². The van der Waals surface area contributed by atoms with Gasteiger partial charge in [-0.3, -0.25) is 0 Å². The van der Waals surface area contributed by atoms with E-state index in [-0.39, 0.29) is 0 Å². The van der Waals surface area contributed by atoms with Gasteiger partial charge in [-0.25, -0.2) is 4.98 Å². The Labute approximate surface area is 139 Å². The molecule has 0 aliphatic carbocycles. The normalized spacial score (nSPS) is 11.3. The number of para-hydroxylation sites is 1. The maximum absolute atomic E-state index is 5.96. The molecule has 0 saturated carbocycles. The van der Waals surface area contributed by atoms with Gasteiger partial charge in [0.1, 0.15) is 5.52 Å². The summed E-state index contributed by atoms with van der Waals surface area (Å²) in [7, 11) is 1.62. The number of benzene rings is 2. The summed E-state index contributed by atoms with van der Waals surface area (Å²) in [5, 5.41) is 0.632. The molecule has 3 rings (SSSR count). The van der Waals surface area contributed by atoms with Gasteiger partial charge in [0.05, 0.1) is 13.7 Å². The number of fused-ring (bicyclic) bond motifs is 1. The van der Waals surface area contributed by atoms with E-state index in [1.165, 1.54) is 0 Å². The minimum Gasteiger partial charge on any atom is -0.492 e. The van der Waals surface area contributed by atoms with E-state index in [1.807, 2.05) is 31.2 Å². The van der Waals surface area contributed by atoms with Crippen molar-refractivity contribution in [3.63, 3.8) is 0 Å². The summed E-state index contributed by atoms with van der Waals surface area (Å²) in [6.45, 7) is 2.51. The first-order valence-electron chi connectivity index (χ1n) is 7.25. The van der Waals surface area contributed by atoms with E-state index < -0.39 is 0 Å². The second-order valence-electron chi connectivity index (χ2n) is 4.81. The van der Waals surface area contributed by atoms with Crippen LogP contribution in [-0.4, -0.2) is 18.7 Å². The molecule has 1 aromatic heterocycles. The molecule has 4 nitrogen and oxygen atoms in total. The van der Waals surface area contributed by atoms with Gasteiger partial charge in [-0.05, 0) is 37.3 Å². The summed E-state index contributed by atoms with van der Waals surface area (Å²) in [5.74, 6) is 1.90. The summed E-state index contributed by atoms with van der Waals surface area (Å²) >= 11 is 5.96. The molecule has 0 saturated heterocycles. The second-order valence-corrected chi connectivity index (χ2v) is 5.25. The molecule has 3 aromatic rings. The lowest BCUT2D eigenvalue weighted by Gasteiger charge is -2.11. The Morgan fingerprint density at radius 2 is 2.09 bits per heavy atom. The van der Waals surface area contributed by atoms with Crippen LogP contribution in [0.1, 0.15) is 18.4 Å². The van der Waals surface area contributed by atoms with Crippen LogP contribution in [0.15, 0.2) is 40.8 Å². The van der Waals surface area contributed by atoms with E-state index in [0.29, 0.717) is 34.6 Å². The number of ether oxygens (including phenoxy) is 2. The average Bonchev–Trinajstić information content (AvgIpc) is 2.95. The summed E-state index contributed by atoms with van der Waals surface area (Å²) in [6.07, 6.45) is 3.68. The highest BCUT2D eigenvalue weighted by Crippen LogP contribution is 2.32. The van der Waals surface area contributed by atoms with Crippen LogP contribution in [0.4, 0.5) is 0 Å². The van der Waals surface area contributed by atoms with Crippen LogP contribution in [0.25, 0.3) is 23.3 Å². The fourth-order valence-electron chi connectivity index (χ4n) is 2.30. The van der Waals surface area contributed by atoms with Crippen molar-refractivity contribution in [3.05, 3.63) is 52.9 Å². The molecule has 5 heteroatoms. The van der Waals surface area contributed by atoms with Crippen LogP contribution >= 0.6 is 11.6 Å². The van der Waals surface area contributed by atoms with E-state index in [9.17, 15) is 0 Å². The maximum Gasteiger partial charge on any atom is 0.220 e. The topological polar surface area (TPSA) is 44.5 Å². The Hall–Kier alpha value is -2.46. The highest BCUT2D eigenvalue weighted by atomic mass is 35.5. The number of methoxy groups -OCH3 is 1. The van der Waals surface area contributed by atoms with Crippen molar-refractivity contribution in [1.82, 2.24) is 4.98 Å². The highest BCUT2D eigenvalue weighted by molar-refractivity contribution is 6.31. The summed E-state index contributed by atoms with van der Waals surface area (Å²) in [6, 6.07) is 11.1. The van der Waals surface area contributed by atoms with E-state index in [0.717, 1.165) is 11.1 Å². The quantitative estimate of drug-likeness (QED) is 0.656. The molecule has 0 aliphatic heterocycles. The number of halogens is 1. The number of aromatic nitrogens is 1. The summed E-state index contributed by atoms with van der Waals surface area (Å²) < 4.78 is 16.7. The standard InChI is InChI=1S/C18H16ClNO3/c1-3-22-16-6-4-5-12(18(16)21-2)7-10-17-20-14-11-13(19)8-9-15(14)23-17/h4-11H,3H2,1-2H3/b10-7-. The van der Waals surface area contributed by atoms with Gasteiger partial charge < -0.3 is 13.9 Å². The predicted molar refractivity (Wildman–Crippen MR) is 92.1 cm³/mol. The fraction of sp³-hybridized carbons (Fsp3) is 0.167. The van der Waals surface area contributed by atoms with Gasteiger partial charge in [-0.1, -0.05) is 23.7 Å². The van der Waals surface area contributed by atoms with Crippen LogP contribution < -0.4 is 9.47 Å². The number of rotatable bonds is 5. The Bertz CT molecular complexity index is 855. The van der Waals surface area contributed by atoms with Gasteiger partial charge in [0.25, 0.3) is 0 Å². The Balaban J connectivity index is 1.93. The van der Waals surface area contributed by atoms with E-state index in [4.69, 9.17) is 25.5 Å². The van der Waals surface area contributed by atoms with Crippen LogP contribution in [0.5, 0.6) is 11.5 Å². The second kappa shape index (κ2) is 6.75. The molecule has 0 unspecified atom stereocenters. The number of oxazole rings is 1. The summed E-state index contributed by atoms with van der Waals surface area (Å²) in [5.41, 5.74) is 2.31. The first kappa shape index (κ1) is 15.4. The van der Waals surface area contributed by atoms with Crippen LogP contribution in [0.2, 0.25) is 5.02 Å². The molecule has 0 N–H and O–H groups in total. The van der Waals surface area contributed by atoms with Crippen LogP contribution in [0.3, 0.4) is 0 Å². The Morgan fingerprint density at radius 3 is 2.87 bits per heavy atom. The van der Waals surface area contributed by atoms with Crippen molar-refractivity contribution < 1.29 is 13.9 Å². The lowest BCUT2D eigenvalue weighted by atomic mass is 10.1. The number of hydrogen-bond acceptors (Lipinski definition) is 4.